The molecule has 4 rings (SSSR count). The lowest BCUT2D eigenvalue weighted by Crippen LogP contribution is -2.33. The molecule has 1 aromatic heterocycles. The third kappa shape index (κ3) is 5.32. The van der Waals surface area contributed by atoms with Crippen molar-refractivity contribution in [3.8, 4) is 16.9 Å². The standard InChI is InChI=1S/C24H18F6N2O2/c25-23(26,27)19-8-15(9-20(12-19)24(28,29)30)10-22(33)32-6-7-34-21-4-3-16(11-18(21)14-32)17-2-1-5-31-13-17/h1-5,8-9,11-13H,6-7,10,14H2. The quantitative estimate of drug-likeness (QED) is 0.449. The van der Waals surface area contributed by atoms with Crippen molar-refractivity contribution in [2.75, 3.05) is 13.2 Å². The average molecular weight is 480 g/mol. The van der Waals surface area contributed by atoms with Gasteiger partial charge in [-0.2, -0.15) is 26.3 Å². The lowest BCUT2D eigenvalue weighted by atomic mass is 10.0. The van der Waals surface area contributed by atoms with Crippen molar-refractivity contribution in [1.29, 1.82) is 0 Å². The summed E-state index contributed by atoms with van der Waals surface area (Å²) < 4.78 is 84.5. The minimum Gasteiger partial charge on any atom is -0.491 e. The van der Waals surface area contributed by atoms with Crippen LogP contribution in [0.25, 0.3) is 11.1 Å². The number of ether oxygens (including phenoxy) is 1. The first-order valence-corrected chi connectivity index (χ1v) is 10.2. The number of rotatable bonds is 3. The predicted molar refractivity (Wildman–Crippen MR) is 111 cm³/mol. The summed E-state index contributed by atoms with van der Waals surface area (Å²) >= 11 is 0. The van der Waals surface area contributed by atoms with Crippen LogP contribution in [0.5, 0.6) is 5.75 Å². The molecule has 178 valence electrons. The Morgan fingerprint density at radius 1 is 0.941 bits per heavy atom. The Morgan fingerprint density at radius 2 is 1.65 bits per heavy atom. The summed E-state index contributed by atoms with van der Waals surface area (Å²) in [4.78, 5) is 18.3. The lowest BCUT2D eigenvalue weighted by Gasteiger charge is -2.21. The first-order chi connectivity index (χ1) is 16.0. The van der Waals surface area contributed by atoms with Crippen molar-refractivity contribution in [2.45, 2.75) is 25.3 Å². The number of fused-ring (bicyclic) bond motifs is 1. The van der Waals surface area contributed by atoms with E-state index in [0.717, 1.165) is 11.1 Å². The number of halogens is 6. The molecule has 0 spiro atoms. The maximum absolute atomic E-state index is 13.1. The van der Waals surface area contributed by atoms with Gasteiger partial charge in [-0.15, -0.1) is 0 Å². The highest BCUT2D eigenvalue weighted by molar-refractivity contribution is 5.79. The molecule has 1 aliphatic rings. The van der Waals surface area contributed by atoms with Gasteiger partial charge in [0, 0.05) is 30.1 Å². The minimum absolute atomic E-state index is 0.0456. The van der Waals surface area contributed by atoms with Gasteiger partial charge in [0.2, 0.25) is 5.91 Å². The number of alkyl halides is 6. The highest BCUT2D eigenvalue weighted by Gasteiger charge is 2.37. The molecule has 0 aliphatic carbocycles. The zero-order chi connectivity index (χ0) is 24.5. The molecule has 0 saturated heterocycles. The molecule has 34 heavy (non-hydrogen) atoms. The van der Waals surface area contributed by atoms with E-state index in [1.807, 2.05) is 18.2 Å². The number of hydrogen-bond acceptors (Lipinski definition) is 3. The first-order valence-electron chi connectivity index (χ1n) is 10.2. The number of aromatic nitrogens is 1. The smallest absolute Gasteiger partial charge is 0.416 e. The van der Waals surface area contributed by atoms with Crippen molar-refractivity contribution in [3.63, 3.8) is 0 Å². The topological polar surface area (TPSA) is 42.4 Å². The zero-order valence-corrected chi connectivity index (χ0v) is 17.6. The van der Waals surface area contributed by atoms with Gasteiger partial charge >= 0.3 is 12.4 Å². The van der Waals surface area contributed by atoms with E-state index < -0.39 is 35.8 Å². The second-order valence-electron chi connectivity index (χ2n) is 7.82. The Morgan fingerprint density at radius 3 is 2.26 bits per heavy atom. The highest BCUT2D eigenvalue weighted by Crippen LogP contribution is 2.36. The van der Waals surface area contributed by atoms with E-state index in [2.05, 4.69) is 4.98 Å². The SMILES string of the molecule is O=C(Cc1cc(C(F)(F)F)cc(C(F)(F)F)c1)N1CCOc2ccc(-c3cccnc3)cc2C1. The fraction of sp³-hybridized carbons (Fsp3) is 0.250. The Bertz CT molecular complexity index is 1160. The summed E-state index contributed by atoms with van der Waals surface area (Å²) in [6.07, 6.45) is -7.25. The van der Waals surface area contributed by atoms with E-state index in [0.29, 0.717) is 23.4 Å². The molecule has 4 nitrogen and oxygen atoms in total. The molecule has 0 bridgehead atoms. The van der Waals surface area contributed by atoms with Crippen LogP contribution in [0.3, 0.4) is 0 Å². The maximum Gasteiger partial charge on any atom is 0.416 e. The molecular formula is C24H18F6N2O2. The maximum atomic E-state index is 13.1. The van der Waals surface area contributed by atoms with E-state index in [-0.39, 0.29) is 31.3 Å². The molecule has 1 aliphatic heterocycles. The summed E-state index contributed by atoms with van der Waals surface area (Å²) in [5, 5.41) is 0. The zero-order valence-electron chi connectivity index (χ0n) is 17.6. The van der Waals surface area contributed by atoms with Crippen LogP contribution >= 0.6 is 0 Å². The third-order valence-electron chi connectivity index (χ3n) is 5.39. The van der Waals surface area contributed by atoms with Gasteiger partial charge in [-0.05, 0) is 47.5 Å². The van der Waals surface area contributed by atoms with E-state index in [9.17, 15) is 31.1 Å². The molecule has 3 aromatic rings. The number of carbonyl (C=O) groups is 1. The van der Waals surface area contributed by atoms with Gasteiger partial charge in [0.05, 0.1) is 24.1 Å². The van der Waals surface area contributed by atoms with Crippen LogP contribution in [-0.2, 0) is 30.1 Å². The number of nitrogens with zero attached hydrogens (tertiary/aromatic N) is 2. The van der Waals surface area contributed by atoms with E-state index in [4.69, 9.17) is 4.74 Å². The largest absolute Gasteiger partial charge is 0.491 e. The molecule has 0 atom stereocenters. The van der Waals surface area contributed by atoms with E-state index in [1.165, 1.54) is 4.90 Å². The van der Waals surface area contributed by atoms with Crippen LogP contribution in [0.15, 0.2) is 60.9 Å². The number of benzene rings is 2. The number of hydrogen-bond donors (Lipinski definition) is 0. The lowest BCUT2D eigenvalue weighted by molar-refractivity contribution is -0.143. The summed E-state index contributed by atoms with van der Waals surface area (Å²) in [6.45, 7) is 0.384. The molecular weight excluding hydrogens is 462 g/mol. The van der Waals surface area contributed by atoms with Crippen LogP contribution < -0.4 is 4.74 Å². The van der Waals surface area contributed by atoms with Crippen molar-refractivity contribution in [2.24, 2.45) is 0 Å². The Hall–Kier alpha value is -3.56. The van der Waals surface area contributed by atoms with Crippen molar-refractivity contribution >= 4 is 5.91 Å². The molecule has 1 amide bonds. The Balaban J connectivity index is 1.59. The fourth-order valence-electron chi connectivity index (χ4n) is 3.73. The molecule has 0 saturated carbocycles. The van der Waals surface area contributed by atoms with Gasteiger partial charge in [0.15, 0.2) is 0 Å². The Labute approximate surface area is 190 Å². The fourth-order valence-corrected chi connectivity index (χ4v) is 3.73. The third-order valence-corrected chi connectivity index (χ3v) is 5.39. The molecule has 0 radical (unpaired) electrons. The van der Waals surface area contributed by atoms with Gasteiger partial charge in [-0.3, -0.25) is 9.78 Å². The Kier molecular flexibility index (Phi) is 6.24. The second-order valence-corrected chi connectivity index (χ2v) is 7.82. The molecule has 0 N–H and O–H groups in total. The van der Waals surface area contributed by atoms with Crippen molar-refractivity contribution in [3.05, 3.63) is 83.2 Å². The first kappa shape index (κ1) is 23.6. The van der Waals surface area contributed by atoms with Crippen LogP contribution in [0.4, 0.5) is 26.3 Å². The van der Waals surface area contributed by atoms with Gasteiger partial charge in [0.25, 0.3) is 0 Å². The summed E-state index contributed by atoms with van der Waals surface area (Å²) in [7, 11) is 0. The highest BCUT2D eigenvalue weighted by atomic mass is 19.4. The number of pyridine rings is 1. The van der Waals surface area contributed by atoms with E-state index in [1.54, 1.807) is 24.5 Å². The second kappa shape index (κ2) is 9.00. The van der Waals surface area contributed by atoms with Gasteiger partial charge in [0.1, 0.15) is 12.4 Å². The summed E-state index contributed by atoms with van der Waals surface area (Å²) in [6, 6.07) is 10.3. The number of amides is 1. The average Bonchev–Trinajstić information content (AvgIpc) is 3.00. The molecule has 0 fully saturated rings. The molecule has 2 heterocycles. The molecule has 2 aromatic carbocycles. The van der Waals surface area contributed by atoms with Crippen molar-refractivity contribution < 1.29 is 35.9 Å². The predicted octanol–water partition coefficient (Wildman–Crippen LogP) is 5.75. The van der Waals surface area contributed by atoms with Crippen LogP contribution in [0, 0.1) is 0 Å². The van der Waals surface area contributed by atoms with Gasteiger partial charge < -0.3 is 9.64 Å². The molecule has 10 heteroatoms. The minimum atomic E-state index is -4.98. The van der Waals surface area contributed by atoms with Crippen LogP contribution in [0.2, 0.25) is 0 Å². The van der Waals surface area contributed by atoms with Gasteiger partial charge in [-0.1, -0.05) is 12.1 Å². The van der Waals surface area contributed by atoms with E-state index >= 15 is 0 Å². The summed E-state index contributed by atoms with van der Waals surface area (Å²) in [5.41, 5.74) is -0.908. The monoisotopic (exact) mass is 480 g/mol. The summed E-state index contributed by atoms with van der Waals surface area (Å²) in [5.74, 6) is -0.0444. The van der Waals surface area contributed by atoms with Crippen LogP contribution in [-0.4, -0.2) is 28.9 Å². The van der Waals surface area contributed by atoms with Crippen molar-refractivity contribution in [1.82, 2.24) is 9.88 Å². The normalized spacial score (nSPS) is 14.2. The molecule has 0 unspecified atom stereocenters. The van der Waals surface area contributed by atoms with Gasteiger partial charge in [-0.25, -0.2) is 0 Å². The number of carbonyl (C=O) groups excluding carboxylic acids is 1. The van der Waals surface area contributed by atoms with Crippen LogP contribution in [0.1, 0.15) is 22.3 Å².